The van der Waals surface area contributed by atoms with Gasteiger partial charge in [0.05, 0.1) is 4.90 Å². The molecule has 1 saturated heterocycles. The predicted octanol–water partition coefficient (Wildman–Crippen LogP) is 5.26. The molecule has 2 atom stereocenters. The Bertz CT molecular complexity index is 1430. The van der Waals surface area contributed by atoms with Gasteiger partial charge in [-0.1, -0.05) is 91.0 Å². The molecule has 0 radical (unpaired) electrons. The maximum Gasteiger partial charge on any atom is 0.244 e. The average molecular weight is 469 g/mol. The van der Waals surface area contributed by atoms with E-state index in [0.29, 0.717) is 23.9 Å². The van der Waals surface area contributed by atoms with Crippen LogP contribution in [0.1, 0.15) is 22.6 Å². The van der Waals surface area contributed by atoms with E-state index >= 15 is 0 Å². The Morgan fingerprint density at radius 2 is 1.47 bits per heavy atom. The van der Waals surface area contributed by atoms with Gasteiger partial charge in [-0.15, -0.1) is 0 Å². The second-order valence-electron chi connectivity index (χ2n) is 9.52. The lowest BCUT2D eigenvalue weighted by molar-refractivity contribution is 0.293. The van der Waals surface area contributed by atoms with Crippen molar-refractivity contribution in [1.29, 1.82) is 0 Å². The van der Waals surface area contributed by atoms with Crippen LogP contribution in [0.25, 0.3) is 10.8 Å². The highest BCUT2D eigenvalue weighted by Crippen LogP contribution is 2.40. The van der Waals surface area contributed by atoms with Gasteiger partial charge < -0.3 is 0 Å². The summed E-state index contributed by atoms with van der Waals surface area (Å²) in [7, 11) is -3.65. The molecule has 0 aliphatic carbocycles. The monoisotopic (exact) mass is 468 g/mol. The van der Waals surface area contributed by atoms with E-state index in [2.05, 4.69) is 47.4 Å². The van der Waals surface area contributed by atoms with Crippen molar-refractivity contribution in [1.82, 2.24) is 9.21 Å². The molecule has 4 nitrogen and oxygen atoms in total. The van der Waals surface area contributed by atoms with Crippen LogP contribution in [0, 0.1) is 5.92 Å². The number of rotatable bonds is 4. The molecule has 0 amide bonds. The van der Waals surface area contributed by atoms with E-state index < -0.39 is 10.0 Å². The maximum atomic E-state index is 14.0. The first-order valence-corrected chi connectivity index (χ1v) is 13.4. The Morgan fingerprint density at radius 1 is 0.735 bits per heavy atom. The second kappa shape index (κ2) is 8.66. The molecule has 0 saturated carbocycles. The molecule has 2 heterocycles. The van der Waals surface area contributed by atoms with Crippen LogP contribution in [-0.2, 0) is 23.1 Å². The molecule has 0 unspecified atom stereocenters. The van der Waals surface area contributed by atoms with E-state index in [-0.39, 0.29) is 5.92 Å². The average Bonchev–Trinajstić information content (AvgIpc) is 3.18. The van der Waals surface area contributed by atoms with Crippen molar-refractivity contribution < 1.29 is 8.42 Å². The molecule has 6 rings (SSSR count). The lowest BCUT2D eigenvalue weighted by Crippen LogP contribution is -2.35. The summed E-state index contributed by atoms with van der Waals surface area (Å²) in [5.74, 6) is 0.602. The zero-order chi connectivity index (χ0) is 23.1. The van der Waals surface area contributed by atoms with Gasteiger partial charge in [0.1, 0.15) is 0 Å². The van der Waals surface area contributed by atoms with E-state index in [4.69, 9.17) is 0 Å². The molecular formula is C29H28N2O2S. The number of likely N-dealkylation sites (tertiary alicyclic amines) is 1. The molecule has 2 aliphatic rings. The zero-order valence-electron chi connectivity index (χ0n) is 19.0. The quantitative estimate of drug-likeness (QED) is 0.410. The molecule has 0 aromatic heterocycles. The molecule has 172 valence electrons. The summed E-state index contributed by atoms with van der Waals surface area (Å²) >= 11 is 0. The number of sulfonamides is 1. The summed E-state index contributed by atoms with van der Waals surface area (Å²) in [4.78, 5) is 2.89. The van der Waals surface area contributed by atoms with Crippen LogP contribution < -0.4 is 0 Å². The van der Waals surface area contributed by atoms with Gasteiger partial charge >= 0.3 is 0 Å². The Labute approximate surface area is 201 Å². The van der Waals surface area contributed by atoms with Crippen LogP contribution in [0.3, 0.4) is 0 Å². The standard InChI is InChI=1S/C29H28N2O2S/c32-34(33,29-16-8-13-23-11-4-7-15-27(23)29)31-19-24-12-5-6-14-26(24)28-21-30(18-25(28)20-31)17-22-9-2-1-3-10-22/h1-16,25,28H,17-21H2/t25-,28+/m0/s1. The maximum absolute atomic E-state index is 14.0. The molecule has 0 N–H and O–H groups in total. The van der Waals surface area contributed by atoms with Crippen LogP contribution in [0.5, 0.6) is 0 Å². The van der Waals surface area contributed by atoms with E-state index in [1.165, 1.54) is 11.1 Å². The highest BCUT2D eigenvalue weighted by molar-refractivity contribution is 7.89. The summed E-state index contributed by atoms with van der Waals surface area (Å²) in [6.07, 6.45) is 0. The highest BCUT2D eigenvalue weighted by atomic mass is 32.2. The van der Waals surface area contributed by atoms with Crippen LogP contribution in [0.4, 0.5) is 0 Å². The summed E-state index contributed by atoms with van der Waals surface area (Å²) in [6.45, 7) is 3.71. The fourth-order valence-corrected chi connectivity index (χ4v) is 7.46. The number of benzene rings is 4. The molecule has 2 aliphatic heterocycles. The first kappa shape index (κ1) is 21.5. The fraction of sp³-hybridized carbons (Fsp3) is 0.241. The van der Waals surface area contributed by atoms with Crippen LogP contribution >= 0.6 is 0 Å². The third kappa shape index (κ3) is 3.84. The molecule has 4 aromatic rings. The van der Waals surface area contributed by atoms with Gasteiger partial charge in [0.15, 0.2) is 0 Å². The number of hydrogen-bond acceptors (Lipinski definition) is 3. The molecule has 0 bridgehead atoms. The van der Waals surface area contributed by atoms with Crippen molar-refractivity contribution >= 4 is 20.8 Å². The van der Waals surface area contributed by atoms with Gasteiger partial charge in [0.2, 0.25) is 10.0 Å². The van der Waals surface area contributed by atoms with Crippen LogP contribution in [-0.4, -0.2) is 37.3 Å². The zero-order valence-corrected chi connectivity index (χ0v) is 19.9. The molecule has 5 heteroatoms. The van der Waals surface area contributed by atoms with Crippen molar-refractivity contribution in [2.75, 3.05) is 19.6 Å². The van der Waals surface area contributed by atoms with Crippen molar-refractivity contribution in [3.8, 4) is 0 Å². The van der Waals surface area contributed by atoms with E-state index in [1.54, 1.807) is 10.4 Å². The highest BCUT2D eigenvalue weighted by Gasteiger charge is 2.41. The largest absolute Gasteiger partial charge is 0.298 e. The summed E-state index contributed by atoms with van der Waals surface area (Å²) in [5, 5.41) is 1.74. The lowest BCUT2D eigenvalue weighted by Gasteiger charge is -2.25. The van der Waals surface area contributed by atoms with Crippen LogP contribution in [0.15, 0.2) is 102 Å². The van der Waals surface area contributed by atoms with Crippen LogP contribution in [0.2, 0.25) is 0 Å². The Kier molecular flexibility index (Phi) is 5.48. The fourth-order valence-electron chi connectivity index (χ4n) is 5.77. The van der Waals surface area contributed by atoms with Crippen molar-refractivity contribution in [3.05, 3.63) is 114 Å². The van der Waals surface area contributed by atoms with Gasteiger partial charge in [0.25, 0.3) is 0 Å². The predicted molar refractivity (Wildman–Crippen MR) is 136 cm³/mol. The van der Waals surface area contributed by atoms with E-state index in [1.807, 2.05) is 48.5 Å². The Morgan fingerprint density at radius 3 is 2.35 bits per heavy atom. The minimum absolute atomic E-state index is 0.261. The van der Waals surface area contributed by atoms with Crippen molar-refractivity contribution in [2.45, 2.75) is 23.9 Å². The van der Waals surface area contributed by atoms with Gasteiger partial charge in [-0.3, -0.25) is 4.90 Å². The van der Waals surface area contributed by atoms with E-state index in [0.717, 1.165) is 36.0 Å². The first-order chi connectivity index (χ1) is 16.6. The smallest absolute Gasteiger partial charge is 0.244 e. The summed E-state index contributed by atoms with van der Waals surface area (Å²) < 4.78 is 29.8. The molecular weight excluding hydrogens is 440 g/mol. The Hall–Kier alpha value is -2.99. The van der Waals surface area contributed by atoms with Gasteiger partial charge in [-0.2, -0.15) is 4.31 Å². The third-order valence-electron chi connectivity index (χ3n) is 7.37. The van der Waals surface area contributed by atoms with Crippen molar-refractivity contribution in [3.63, 3.8) is 0 Å². The molecule has 1 fully saturated rings. The number of nitrogens with zero attached hydrogens (tertiary/aromatic N) is 2. The molecule has 0 spiro atoms. The molecule has 34 heavy (non-hydrogen) atoms. The van der Waals surface area contributed by atoms with Gasteiger partial charge in [-0.25, -0.2) is 8.42 Å². The van der Waals surface area contributed by atoms with Gasteiger partial charge in [-0.05, 0) is 34.1 Å². The lowest BCUT2D eigenvalue weighted by atomic mass is 9.87. The second-order valence-corrected chi connectivity index (χ2v) is 11.4. The SMILES string of the molecule is O=S(=O)(c1cccc2ccccc12)N1Cc2ccccc2[C@@H]2CN(Cc3ccccc3)C[C@H]2C1. The summed E-state index contributed by atoms with van der Waals surface area (Å²) in [6, 6.07) is 32.3. The van der Waals surface area contributed by atoms with Crippen molar-refractivity contribution in [2.24, 2.45) is 5.92 Å². The first-order valence-electron chi connectivity index (χ1n) is 11.9. The number of fused-ring (bicyclic) bond motifs is 4. The van der Waals surface area contributed by atoms with Gasteiger partial charge in [0, 0.05) is 44.0 Å². The van der Waals surface area contributed by atoms with E-state index in [9.17, 15) is 8.42 Å². The minimum atomic E-state index is -3.65. The normalized spacial score (nSPS) is 21.2. The number of hydrogen-bond donors (Lipinski definition) is 0. The minimum Gasteiger partial charge on any atom is -0.298 e. The summed E-state index contributed by atoms with van der Waals surface area (Å²) in [5.41, 5.74) is 3.73. The Balaban J connectivity index is 1.37. The molecule has 4 aromatic carbocycles. The third-order valence-corrected chi connectivity index (χ3v) is 9.24. The topological polar surface area (TPSA) is 40.6 Å².